The highest BCUT2D eigenvalue weighted by Crippen LogP contribution is 2.28. The van der Waals surface area contributed by atoms with Crippen molar-refractivity contribution in [3.63, 3.8) is 0 Å². The third kappa shape index (κ3) is 23.1. The van der Waals surface area contributed by atoms with E-state index in [2.05, 4.69) is 34.6 Å². The molecule has 0 bridgehead atoms. The van der Waals surface area contributed by atoms with Crippen LogP contribution in [0.4, 0.5) is 0 Å². The van der Waals surface area contributed by atoms with Gasteiger partial charge in [0.25, 0.3) is 0 Å². The molecular weight excluding hydrogens is 640 g/mol. The van der Waals surface area contributed by atoms with Gasteiger partial charge in [0, 0.05) is 52.1 Å². The van der Waals surface area contributed by atoms with Crippen molar-refractivity contribution < 1.29 is 48.1 Å². The molecule has 3 rings (SSSR count). The highest BCUT2D eigenvalue weighted by atomic mass is 16.6. The first-order valence-electron chi connectivity index (χ1n) is 19.5. The lowest BCUT2D eigenvalue weighted by Crippen LogP contribution is -2.30. The summed E-state index contributed by atoms with van der Waals surface area (Å²) >= 11 is 0. The molecule has 10 nitrogen and oxygen atoms in total. The highest BCUT2D eigenvalue weighted by Gasteiger charge is 2.33. The normalized spacial score (nSPS) is 18.8. The molecule has 1 aromatic rings. The van der Waals surface area contributed by atoms with Crippen molar-refractivity contribution >= 4 is 0 Å². The van der Waals surface area contributed by atoms with E-state index in [1.807, 2.05) is 0 Å². The topological polar surface area (TPSA) is 118 Å². The summed E-state index contributed by atoms with van der Waals surface area (Å²) in [6.45, 7) is 17.3. The van der Waals surface area contributed by atoms with Gasteiger partial charge in [-0.25, -0.2) is 0 Å². The van der Waals surface area contributed by atoms with Crippen LogP contribution in [0.1, 0.15) is 118 Å². The molecule has 0 radical (unpaired) electrons. The zero-order valence-electron chi connectivity index (χ0n) is 32.2. The van der Waals surface area contributed by atoms with Crippen LogP contribution >= 0.6 is 0 Å². The Labute approximate surface area is 303 Å². The average Bonchev–Trinajstić information content (AvgIpc) is 3.91. The molecule has 4 atom stereocenters. The maximum Gasteiger partial charge on any atom is 0.123 e. The number of hydrogen-bond donors (Lipinski definition) is 2. The molecule has 2 saturated heterocycles. The third-order valence-electron chi connectivity index (χ3n) is 9.27. The van der Waals surface area contributed by atoms with E-state index in [0.717, 1.165) is 91.0 Å². The number of ether oxygens (including phenoxy) is 8. The second kappa shape index (κ2) is 27.2. The molecule has 2 heterocycles. The van der Waals surface area contributed by atoms with E-state index in [4.69, 9.17) is 43.0 Å². The van der Waals surface area contributed by atoms with E-state index in [1.54, 1.807) is 24.3 Å². The van der Waals surface area contributed by atoms with Crippen LogP contribution in [0.25, 0.3) is 0 Å². The van der Waals surface area contributed by atoms with Crippen molar-refractivity contribution in [2.24, 2.45) is 0 Å². The molecule has 0 spiro atoms. The second-order valence-electron chi connectivity index (χ2n) is 14.4. The quantitative estimate of drug-likeness (QED) is 0.0600. The fourth-order valence-corrected chi connectivity index (χ4v) is 5.17. The van der Waals surface area contributed by atoms with Crippen molar-refractivity contribution in [3.8, 4) is 11.5 Å². The Bertz CT molecular complexity index is 938. The summed E-state index contributed by atoms with van der Waals surface area (Å²) in [7, 11) is 0. The van der Waals surface area contributed by atoms with Crippen molar-refractivity contribution in [2.45, 2.75) is 148 Å². The van der Waals surface area contributed by atoms with Crippen LogP contribution in [0.2, 0.25) is 0 Å². The Morgan fingerprint density at radius 2 is 1.36 bits per heavy atom. The Balaban J connectivity index is 0.000000391. The molecule has 4 unspecified atom stereocenters. The molecule has 1 aromatic carbocycles. The van der Waals surface area contributed by atoms with Gasteiger partial charge in [-0.15, -0.1) is 0 Å². The maximum absolute atomic E-state index is 10.0. The van der Waals surface area contributed by atoms with Gasteiger partial charge in [0.2, 0.25) is 0 Å². The van der Waals surface area contributed by atoms with Crippen molar-refractivity contribution in [1.29, 1.82) is 0 Å². The maximum atomic E-state index is 10.0. The summed E-state index contributed by atoms with van der Waals surface area (Å²) in [5.74, 6) is 1.24. The minimum Gasteiger partial charge on any atom is -0.491 e. The zero-order valence-corrected chi connectivity index (χ0v) is 32.2. The Hall–Kier alpha value is -1.50. The van der Waals surface area contributed by atoms with Gasteiger partial charge in [0.15, 0.2) is 0 Å². The van der Waals surface area contributed by atoms with Crippen molar-refractivity contribution in [3.05, 3.63) is 24.3 Å². The van der Waals surface area contributed by atoms with Crippen LogP contribution in [0.5, 0.6) is 11.5 Å². The zero-order chi connectivity index (χ0) is 36.3. The summed E-state index contributed by atoms with van der Waals surface area (Å²) in [4.78, 5) is 0. The van der Waals surface area contributed by atoms with Gasteiger partial charge in [-0.1, -0.05) is 45.6 Å². The summed E-state index contributed by atoms with van der Waals surface area (Å²) < 4.78 is 44.7. The van der Waals surface area contributed by atoms with Gasteiger partial charge in [-0.05, 0) is 84.3 Å². The standard InChI is InChI=1S/C24H40O7.C16H32O3/c1-3-24(2,16-23-19-30-23)31-13-7-5-4-6-12-27-17-20(26)18-29-22-10-8-9-21(15-22)28-14-11-25;1-4-16(2,3)19-12-8-6-5-7-11-17-13-9-15-10-14-18-15/h8-10,15,20,23,25-26H,3-7,11-14,16-19H2,1-2H3;15H,4-14H2,1-3H3. The van der Waals surface area contributed by atoms with E-state index in [-0.39, 0.29) is 37.6 Å². The lowest BCUT2D eigenvalue weighted by molar-refractivity contribution is -0.0666. The highest BCUT2D eigenvalue weighted by molar-refractivity contribution is 5.32. The van der Waals surface area contributed by atoms with Gasteiger partial charge in [0.1, 0.15) is 30.8 Å². The molecule has 0 aromatic heterocycles. The van der Waals surface area contributed by atoms with Crippen LogP contribution in [-0.2, 0) is 28.4 Å². The fourth-order valence-electron chi connectivity index (χ4n) is 5.17. The van der Waals surface area contributed by atoms with E-state index in [0.29, 0.717) is 30.3 Å². The van der Waals surface area contributed by atoms with Crippen LogP contribution in [0.15, 0.2) is 24.3 Å². The Morgan fingerprint density at radius 3 is 1.94 bits per heavy atom. The van der Waals surface area contributed by atoms with E-state index >= 15 is 0 Å². The number of hydrogen-bond acceptors (Lipinski definition) is 10. The molecule has 2 aliphatic rings. The van der Waals surface area contributed by atoms with Crippen LogP contribution in [0.3, 0.4) is 0 Å². The van der Waals surface area contributed by atoms with Crippen molar-refractivity contribution in [1.82, 2.24) is 0 Å². The number of benzene rings is 1. The van der Waals surface area contributed by atoms with Gasteiger partial charge < -0.3 is 48.1 Å². The monoisotopic (exact) mass is 713 g/mol. The predicted molar refractivity (Wildman–Crippen MR) is 197 cm³/mol. The SMILES string of the molecule is CCC(C)(C)OCCCCCCOCCC1CCO1.CCC(C)(CC1CO1)OCCCCCCOCC(O)COc1cccc(OCCO)c1. The minimum absolute atomic E-state index is 0.0383. The summed E-state index contributed by atoms with van der Waals surface area (Å²) in [5, 5.41) is 18.8. The van der Waals surface area contributed by atoms with E-state index in [9.17, 15) is 5.11 Å². The van der Waals surface area contributed by atoms with Crippen molar-refractivity contribution in [2.75, 3.05) is 72.7 Å². The third-order valence-corrected chi connectivity index (χ3v) is 9.27. The summed E-state index contributed by atoms with van der Waals surface area (Å²) in [5.41, 5.74) is -0.0109. The minimum atomic E-state index is -0.683. The number of aliphatic hydroxyl groups excluding tert-OH is 2. The number of epoxide rings is 1. The first kappa shape index (κ1) is 44.7. The first-order chi connectivity index (χ1) is 24.2. The number of rotatable bonds is 31. The predicted octanol–water partition coefficient (Wildman–Crippen LogP) is 7.30. The van der Waals surface area contributed by atoms with Crippen LogP contribution in [0, 0.1) is 0 Å². The van der Waals surface area contributed by atoms with E-state index in [1.165, 1.54) is 32.1 Å². The van der Waals surface area contributed by atoms with Crippen LogP contribution < -0.4 is 9.47 Å². The second-order valence-corrected chi connectivity index (χ2v) is 14.4. The fraction of sp³-hybridized carbons (Fsp3) is 0.850. The average molecular weight is 713 g/mol. The molecule has 2 fully saturated rings. The lowest BCUT2D eigenvalue weighted by atomic mass is 9.97. The molecule has 2 N–H and O–H groups in total. The van der Waals surface area contributed by atoms with Crippen LogP contribution in [-0.4, -0.2) is 112 Å². The number of aliphatic hydroxyl groups is 2. The van der Waals surface area contributed by atoms with Gasteiger partial charge in [-0.3, -0.25) is 0 Å². The van der Waals surface area contributed by atoms with Gasteiger partial charge in [0.05, 0.1) is 43.2 Å². The Kier molecular flexibility index (Phi) is 24.3. The van der Waals surface area contributed by atoms with Gasteiger partial charge in [-0.2, -0.15) is 0 Å². The smallest absolute Gasteiger partial charge is 0.123 e. The summed E-state index contributed by atoms with van der Waals surface area (Å²) in [6, 6.07) is 7.13. The molecule has 0 saturated carbocycles. The van der Waals surface area contributed by atoms with Gasteiger partial charge >= 0.3 is 0 Å². The number of unbranched alkanes of at least 4 members (excludes halogenated alkanes) is 6. The molecule has 0 amide bonds. The molecule has 292 valence electrons. The Morgan fingerprint density at radius 1 is 0.740 bits per heavy atom. The first-order valence-corrected chi connectivity index (χ1v) is 19.5. The molecular formula is C40H72O10. The molecule has 10 heteroatoms. The largest absolute Gasteiger partial charge is 0.491 e. The lowest BCUT2D eigenvalue weighted by Gasteiger charge is -2.28. The van der Waals surface area contributed by atoms with E-state index < -0.39 is 6.10 Å². The molecule has 0 aliphatic carbocycles. The molecule has 50 heavy (non-hydrogen) atoms. The molecule has 2 aliphatic heterocycles. The summed E-state index contributed by atoms with van der Waals surface area (Å²) in [6.07, 6.45) is 14.6.